The molecular formula is C32H64N2. The van der Waals surface area contributed by atoms with Crippen LogP contribution in [0, 0.1) is 0 Å². The Labute approximate surface area is 216 Å². The summed E-state index contributed by atoms with van der Waals surface area (Å²) in [6.07, 6.45) is 39.8. The topological polar surface area (TPSA) is 6.48 Å². The van der Waals surface area contributed by atoms with Crippen LogP contribution in [0.15, 0.2) is 12.4 Å². The molecule has 1 aliphatic heterocycles. The molecule has 34 heavy (non-hydrogen) atoms. The van der Waals surface area contributed by atoms with Crippen LogP contribution in [-0.2, 0) is 0 Å². The fourth-order valence-electron chi connectivity index (χ4n) is 5.56. The average Bonchev–Trinajstić information content (AvgIpc) is 3.24. The van der Waals surface area contributed by atoms with E-state index in [1.165, 1.54) is 161 Å². The van der Waals surface area contributed by atoms with E-state index in [4.69, 9.17) is 0 Å². The summed E-state index contributed by atoms with van der Waals surface area (Å²) in [5.41, 5.74) is 0. The molecule has 1 rings (SSSR count). The lowest BCUT2D eigenvalue weighted by Crippen LogP contribution is -2.38. The molecule has 0 radical (unpaired) electrons. The molecule has 1 unspecified atom stereocenters. The maximum atomic E-state index is 2.64. The molecule has 0 spiro atoms. The van der Waals surface area contributed by atoms with E-state index in [0.29, 0.717) is 6.17 Å². The zero-order valence-corrected chi connectivity index (χ0v) is 24.0. The van der Waals surface area contributed by atoms with Crippen LogP contribution in [0.4, 0.5) is 0 Å². The van der Waals surface area contributed by atoms with Crippen LogP contribution in [0.1, 0.15) is 175 Å². The summed E-state index contributed by atoms with van der Waals surface area (Å²) in [7, 11) is 0. The summed E-state index contributed by atoms with van der Waals surface area (Å²) in [5, 5.41) is 0. The van der Waals surface area contributed by atoms with Crippen LogP contribution in [-0.4, -0.2) is 29.1 Å². The summed E-state index contributed by atoms with van der Waals surface area (Å²) in [6, 6.07) is 0. The molecule has 1 aliphatic rings. The van der Waals surface area contributed by atoms with Gasteiger partial charge in [-0.1, -0.05) is 149 Å². The third kappa shape index (κ3) is 16.9. The van der Waals surface area contributed by atoms with Gasteiger partial charge in [0.25, 0.3) is 0 Å². The lowest BCUT2D eigenvalue weighted by Gasteiger charge is -2.32. The van der Waals surface area contributed by atoms with E-state index in [9.17, 15) is 0 Å². The van der Waals surface area contributed by atoms with Crippen LogP contribution in [0.2, 0.25) is 0 Å². The SMILES string of the molecule is CCCCCCCCCCCCCCCCCC1N(CC)C=CN1CCCCCCCCCC. The minimum absolute atomic E-state index is 0.636. The van der Waals surface area contributed by atoms with Crippen LogP contribution in [0.3, 0.4) is 0 Å². The van der Waals surface area contributed by atoms with Gasteiger partial charge in [0, 0.05) is 25.5 Å². The molecular weight excluding hydrogens is 412 g/mol. The van der Waals surface area contributed by atoms with Crippen molar-refractivity contribution in [1.29, 1.82) is 0 Å². The van der Waals surface area contributed by atoms with Crippen LogP contribution in [0.5, 0.6) is 0 Å². The van der Waals surface area contributed by atoms with Crippen molar-refractivity contribution in [3.8, 4) is 0 Å². The Hall–Kier alpha value is -0.660. The Kier molecular flexibility index (Phi) is 22.2. The minimum atomic E-state index is 0.636. The molecule has 0 bridgehead atoms. The Morgan fingerprint density at radius 1 is 0.412 bits per heavy atom. The summed E-state index contributed by atoms with van der Waals surface area (Å²) in [6.45, 7) is 9.32. The molecule has 0 saturated carbocycles. The smallest absolute Gasteiger partial charge is 0.101 e. The van der Waals surface area contributed by atoms with Gasteiger partial charge in [-0.05, 0) is 26.2 Å². The molecule has 0 fully saturated rings. The number of hydrogen-bond donors (Lipinski definition) is 0. The normalized spacial score (nSPS) is 15.7. The van der Waals surface area contributed by atoms with Crippen LogP contribution >= 0.6 is 0 Å². The quantitative estimate of drug-likeness (QED) is 0.114. The van der Waals surface area contributed by atoms with E-state index in [2.05, 4.69) is 43.0 Å². The Balaban J connectivity index is 1.96. The first-order valence-corrected chi connectivity index (χ1v) is 16.0. The van der Waals surface area contributed by atoms with Crippen molar-refractivity contribution < 1.29 is 0 Å². The predicted molar refractivity (Wildman–Crippen MR) is 154 cm³/mol. The van der Waals surface area contributed by atoms with Crippen molar-refractivity contribution in [2.75, 3.05) is 13.1 Å². The zero-order chi connectivity index (χ0) is 24.5. The van der Waals surface area contributed by atoms with Gasteiger partial charge in [0.1, 0.15) is 6.17 Å². The molecule has 202 valence electrons. The molecule has 2 nitrogen and oxygen atoms in total. The summed E-state index contributed by atoms with van der Waals surface area (Å²) in [4.78, 5) is 5.21. The van der Waals surface area contributed by atoms with Crippen molar-refractivity contribution in [2.45, 2.75) is 181 Å². The fraction of sp³-hybridized carbons (Fsp3) is 0.938. The Morgan fingerprint density at radius 2 is 0.765 bits per heavy atom. The van der Waals surface area contributed by atoms with E-state index < -0.39 is 0 Å². The van der Waals surface area contributed by atoms with E-state index in [1.807, 2.05) is 0 Å². The molecule has 1 heterocycles. The molecule has 2 heteroatoms. The van der Waals surface area contributed by atoms with Gasteiger partial charge < -0.3 is 9.80 Å². The molecule has 0 N–H and O–H groups in total. The minimum Gasteiger partial charge on any atom is -0.356 e. The zero-order valence-electron chi connectivity index (χ0n) is 24.0. The second kappa shape index (κ2) is 24.1. The maximum absolute atomic E-state index is 2.64. The molecule has 0 aromatic carbocycles. The van der Waals surface area contributed by atoms with Gasteiger partial charge in [-0.3, -0.25) is 0 Å². The van der Waals surface area contributed by atoms with E-state index in [0.717, 1.165) is 6.54 Å². The number of hydrogen-bond acceptors (Lipinski definition) is 2. The van der Waals surface area contributed by atoms with Gasteiger partial charge in [0.2, 0.25) is 0 Å². The fourth-order valence-corrected chi connectivity index (χ4v) is 5.56. The van der Waals surface area contributed by atoms with Gasteiger partial charge in [-0.2, -0.15) is 0 Å². The molecule has 0 amide bonds. The van der Waals surface area contributed by atoms with Gasteiger partial charge in [0.15, 0.2) is 0 Å². The van der Waals surface area contributed by atoms with Crippen molar-refractivity contribution in [3.05, 3.63) is 12.4 Å². The second-order valence-electron chi connectivity index (χ2n) is 11.1. The van der Waals surface area contributed by atoms with Crippen molar-refractivity contribution >= 4 is 0 Å². The third-order valence-electron chi connectivity index (χ3n) is 7.92. The van der Waals surface area contributed by atoms with E-state index in [1.54, 1.807) is 0 Å². The highest BCUT2D eigenvalue weighted by atomic mass is 15.4. The number of nitrogens with zero attached hydrogens (tertiary/aromatic N) is 2. The lowest BCUT2D eigenvalue weighted by molar-refractivity contribution is 0.142. The van der Waals surface area contributed by atoms with Crippen molar-refractivity contribution in [2.24, 2.45) is 0 Å². The van der Waals surface area contributed by atoms with E-state index >= 15 is 0 Å². The maximum Gasteiger partial charge on any atom is 0.101 e. The monoisotopic (exact) mass is 477 g/mol. The first-order chi connectivity index (χ1) is 16.8. The van der Waals surface area contributed by atoms with Gasteiger partial charge >= 0.3 is 0 Å². The molecule has 0 aliphatic carbocycles. The first-order valence-electron chi connectivity index (χ1n) is 16.0. The highest BCUT2D eigenvalue weighted by Crippen LogP contribution is 2.23. The molecule has 1 atom stereocenters. The van der Waals surface area contributed by atoms with Crippen molar-refractivity contribution in [3.63, 3.8) is 0 Å². The predicted octanol–water partition coefficient (Wildman–Crippen LogP) is 10.8. The largest absolute Gasteiger partial charge is 0.356 e. The summed E-state index contributed by atoms with van der Waals surface area (Å²) >= 11 is 0. The molecule has 0 saturated heterocycles. The van der Waals surface area contributed by atoms with Crippen LogP contribution in [0.25, 0.3) is 0 Å². The summed E-state index contributed by atoms with van der Waals surface area (Å²) in [5.74, 6) is 0. The van der Waals surface area contributed by atoms with Crippen LogP contribution < -0.4 is 0 Å². The highest BCUT2D eigenvalue weighted by molar-refractivity contribution is 4.96. The third-order valence-corrected chi connectivity index (χ3v) is 7.92. The Morgan fingerprint density at radius 3 is 1.18 bits per heavy atom. The standard InChI is InChI=1S/C32H64N2/c1-4-7-9-11-13-15-16-17-18-19-20-21-22-24-26-28-32-33(6-3)30-31-34(32)29-27-25-23-14-12-10-8-5-2/h30-32H,4-29H2,1-3H3. The van der Waals surface area contributed by atoms with Gasteiger partial charge in [-0.25, -0.2) is 0 Å². The summed E-state index contributed by atoms with van der Waals surface area (Å²) < 4.78 is 0. The van der Waals surface area contributed by atoms with E-state index in [-0.39, 0.29) is 0 Å². The highest BCUT2D eigenvalue weighted by Gasteiger charge is 2.23. The van der Waals surface area contributed by atoms with Gasteiger partial charge in [0.05, 0.1) is 0 Å². The lowest BCUT2D eigenvalue weighted by atomic mass is 10.0. The molecule has 0 aromatic rings. The number of rotatable bonds is 26. The van der Waals surface area contributed by atoms with Crippen molar-refractivity contribution in [1.82, 2.24) is 9.80 Å². The number of unbranched alkanes of at least 4 members (excludes halogenated alkanes) is 21. The second-order valence-corrected chi connectivity index (χ2v) is 11.1. The molecule has 0 aromatic heterocycles. The van der Waals surface area contributed by atoms with Gasteiger partial charge in [-0.15, -0.1) is 0 Å². The first kappa shape index (κ1) is 31.4. The average molecular weight is 477 g/mol. The Bertz CT molecular complexity index is 433.